The van der Waals surface area contributed by atoms with Gasteiger partial charge in [0.05, 0.1) is 13.2 Å². The van der Waals surface area contributed by atoms with E-state index in [2.05, 4.69) is 5.32 Å². The summed E-state index contributed by atoms with van der Waals surface area (Å²) in [6.07, 6.45) is 0.594. The molecule has 0 aromatic carbocycles. The fraction of sp³-hybridized carbons (Fsp3) is 0.778. The minimum Gasteiger partial charge on any atom is -0.479 e. The number of rotatable bonds is 4. The lowest BCUT2D eigenvalue weighted by Crippen LogP contribution is -2.52. The number of carbonyl (C=O) groups excluding carboxylic acids is 1. The predicted molar refractivity (Wildman–Crippen MR) is 61.3 cm³/mol. The van der Waals surface area contributed by atoms with E-state index in [1.807, 2.05) is 0 Å². The Morgan fingerprint density at radius 3 is 2.88 bits per heavy atom. The summed E-state index contributed by atoms with van der Waals surface area (Å²) in [5.41, 5.74) is 0. The molecule has 0 aliphatic carbocycles. The van der Waals surface area contributed by atoms with Gasteiger partial charge in [-0.15, -0.1) is 0 Å². The molecule has 1 aliphatic rings. The number of morpholine rings is 1. The van der Waals surface area contributed by atoms with Crippen LogP contribution in [-0.4, -0.2) is 70.6 Å². The molecule has 0 spiro atoms. The Hall–Kier alpha value is -1.15. The number of ether oxygens (including phenoxy) is 1. The molecule has 1 heterocycles. The third-order valence-electron chi connectivity index (χ3n) is 2.29. The third-order valence-corrected chi connectivity index (χ3v) is 3.07. The molecule has 1 fully saturated rings. The average molecular weight is 264 g/mol. The van der Waals surface area contributed by atoms with Crippen LogP contribution in [0.3, 0.4) is 0 Å². The number of nitrogens with zero attached hydrogens (tertiary/aromatic N) is 1. The highest BCUT2D eigenvalue weighted by Crippen LogP contribution is 2.05. The van der Waals surface area contributed by atoms with E-state index in [1.54, 1.807) is 6.26 Å². The van der Waals surface area contributed by atoms with Crippen LogP contribution in [0, 0.1) is 0 Å². The number of amides is 2. The SMILES string of the molecule is CS(=O)CCNC(=O)N1CCOC(C(=O)O)C1. The maximum atomic E-state index is 11.6. The van der Waals surface area contributed by atoms with Crippen molar-refractivity contribution in [2.75, 3.05) is 38.2 Å². The monoisotopic (exact) mass is 264 g/mol. The second kappa shape index (κ2) is 6.55. The molecule has 2 amide bonds. The zero-order chi connectivity index (χ0) is 12.8. The van der Waals surface area contributed by atoms with Crippen LogP contribution in [0.25, 0.3) is 0 Å². The van der Waals surface area contributed by atoms with Crippen LogP contribution < -0.4 is 5.32 Å². The van der Waals surface area contributed by atoms with Crippen LogP contribution >= 0.6 is 0 Å². The Morgan fingerprint density at radius 1 is 1.59 bits per heavy atom. The Balaban J connectivity index is 2.35. The second-order valence-corrected chi connectivity index (χ2v) is 5.21. The van der Waals surface area contributed by atoms with Crippen molar-refractivity contribution >= 4 is 22.8 Å². The molecule has 0 aromatic heterocycles. The molecular formula is C9H16N2O5S. The molecule has 98 valence electrons. The summed E-state index contributed by atoms with van der Waals surface area (Å²) >= 11 is 0. The largest absolute Gasteiger partial charge is 0.479 e. The Morgan fingerprint density at radius 2 is 2.29 bits per heavy atom. The summed E-state index contributed by atoms with van der Waals surface area (Å²) in [5, 5.41) is 11.4. The van der Waals surface area contributed by atoms with Crippen molar-refractivity contribution < 1.29 is 23.6 Å². The van der Waals surface area contributed by atoms with Gasteiger partial charge < -0.3 is 20.1 Å². The molecule has 2 atom stereocenters. The summed E-state index contributed by atoms with van der Waals surface area (Å²) < 4.78 is 15.8. The number of carboxylic acid groups (broad SMARTS) is 1. The zero-order valence-corrected chi connectivity index (χ0v) is 10.4. The van der Waals surface area contributed by atoms with E-state index >= 15 is 0 Å². The lowest BCUT2D eigenvalue weighted by Gasteiger charge is -2.30. The van der Waals surface area contributed by atoms with Gasteiger partial charge in [0.15, 0.2) is 6.10 Å². The molecule has 1 aliphatic heterocycles. The van der Waals surface area contributed by atoms with Crippen molar-refractivity contribution in [3.05, 3.63) is 0 Å². The van der Waals surface area contributed by atoms with E-state index in [0.29, 0.717) is 18.8 Å². The first kappa shape index (κ1) is 13.9. The van der Waals surface area contributed by atoms with Crippen molar-refractivity contribution in [1.82, 2.24) is 10.2 Å². The molecule has 1 saturated heterocycles. The third kappa shape index (κ3) is 4.70. The van der Waals surface area contributed by atoms with Crippen LogP contribution in [0.1, 0.15) is 0 Å². The highest BCUT2D eigenvalue weighted by Gasteiger charge is 2.28. The van der Waals surface area contributed by atoms with Crippen molar-refractivity contribution in [3.63, 3.8) is 0 Å². The molecular weight excluding hydrogens is 248 g/mol. The molecule has 2 unspecified atom stereocenters. The lowest BCUT2D eigenvalue weighted by atomic mass is 10.3. The van der Waals surface area contributed by atoms with E-state index in [9.17, 15) is 13.8 Å². The van der Waals surface area contributed by atoms with Gasteiger partial charge in [-0.1, -0.05) is 0 Å². The number of carboxylic acids is 1. The molecule has 0 saturated carbocycles. The van der Waals surface area contributed by atoms with Crippen LogP contribution in [0.2, 0.25) is 0 Å². The molecule has 0 bridgehead atoms. The average Bonchev–Trinajstić information content (AvgIpc) is 2.28. The lowest BCUT2D eigenvalue weighted by molar-refractivity contribution is -0.154. The van der Waals surface area contributed by atoms with Crippen molar-refractivity contribution in [2.24, 2.45) is 0 Å². The zero-order valence-electron chi connectivity index (χ0n) is 9.55. The second-order valence-electron chi connectivity index (χ2n) is 3.65. The van der Waals surface area contributed by atoms with Gasteiger partial charge in [-0.3, -0.25) is 4.21 Å². The van der Waals surface area contributed by atoms with Crippen LogP contribution in [0.5, 0.6) is 0 Å². The molecule has 8 heteroatoms. The van der Waals surface area contributed by atoms with Gasteiger partial charge in [-0.05, 0) is 0 Å². The summed E-state index contributed by atoms with van der Waals surface area (Å²) in [6.45, 7) is 0.933. The minimum absolute atomic E-state index is 0.0381. The maximum absolute atomic E-state index is 11.6. The molecule has 2 N–H and O–H groups in total. The van der Waals surface area contributed by atoms with Crippen molar-refractivity contribution in [2.45, 2.75) is 6.10 Å². The van der Waals surface area contributed by atoms with E-state index in [-0.39, 0.29) is 19.2 Å². The van der Waals surface area contributed by atoms with Crippen molar-refractivity contribution in [1.29, 1.82) is 0 Å². The highest BCUT2D eigenvalue weighted by atomic mass is 32.2. The normalized spacial score (nSPS) is 21.9. The summed E-state index contributed by atoms with van der Waals surface area (Å²) in [6, 6.07) is -0.343. The Kier molecular flexibility index (Phi) is 5.36. The van der Waals surface area contributed by atoms with Gasteiger partial charge >= 0.3 is 12.0 Å². The van der Waals surface area contributed by atoms with Gasteiger partial charge in [0, 0.05) is 35.9 Å². The summed E-state index contributed by atoms with van der Waals surface area (Å²) in [5.74, 6) is -0.685. The van der Waals surface area contributed by atoms with Crippen LogP contribution in [0.15, 0.2) is 0 Å². The predicted octanol–water partition coefficient (Wildman–Crippen LogP) is -1.14. The highest BCUT2D eigenvalue weighted by molar-refractivity contribution is 7.84. The molecule has 0 aromatic rings. The quantitative estimate of drug-likeness (QED) is 0.669. The topological polar surface area (TPSA) is 95.9 Å². The first-order chi connectivity index (χ1) is 8.00. The van der Waals surface area contributed by atoms with Gasteiger partial charge in [0.1, 0.15) is 0 Å². The van der Waals surface area contributed by atoms with E-state index in [1.165, 1.54) is 4.90 Å². The number of hydrogen-bond donors (Lipinski definition) is 2. The fourth-order valence-electron chi connectivity index (χ4n) is 1.40. The van der Waals surface area contributed by atoms with Gasteiger partial charge in [0.2, 0.25) is 0 Å². The van der Waals surface area contributed by atoms with Gasteiger partial charge in [-0.2, -0.15) is 0 Å². The molecule has 0 radical (unpaired) electrons. The van der Waals surface area contributed by atoms with Gasteiger partial charge in [-0.25, -0.2) is 9.59 Å². The number of carbonyl (C=O) groups is 2. The number of nitrogens with one attached hydrogen (secondary N) is 1. The summed E-state index contributed by atoms with van der Waals surface area (Å²) in [7, 11) is -0.953. The van der Waals surface area contributed by atoms with Gasteiger partial charge in [0.25, 0.3) is 0 Å². The fourth-order valence-corrected chi connectivity index (χ4v) is 1.79. The summed E-state index contributed by atoms with van der Waals surface area (Å²) in [4.78, 5) is 23.7. The standard InChI is InChI=1S/C9H16N2O5S/c1-17(15)5-2-10-9(14)11-3-4-16-7(6-11)8(12)13/h7H,2-6H2,1H3,(H,10,14)(H,12,13). The van der Waals surface area contributed by atoms with E-state index in [4.69, 9.17) is 9.84 Å². The number of urea groups is 1. The Bertz CT molecular complexity index is 323. The first-order valence-corrected chi connectivity index (χ1v) is 6.90. The van der Waals surface area contributed by atoms with Crippen LogP contribution in [-0.2, 0) is 20.3 Å². The van der Waals surface area contributed by atoms with Crippen molar-refractivity contribution in [3.8, 4) is 0 Å². The van der Waals surface area contributed by atoms with Crippen LogP contribution in [0.4, 0.5) is 4.79 Å². The van der Waals surface area contributed by atoms with E-state index in [0.717, 1.165) is 0 Å². The molecule has 17 heavy (non-hydrogen) atoms. The van der Waals surface area contributed by atoms with E-state index < -0.39 is 22.9 Å². The maximum Gasteiger partial charge on any atom is 0.334 e. The number of hydrogen-bond acceptors (Lipinski definition) is 4. The molecule has 1 rings (SSSR count). The smallest absolute Gasteiger partial charge is 0.334 e. The Labute approximate surface area is 102 Å². The first-order valence-electron chi connectivity index (χ1n) is 5.18. The number of aliphatic carboxylic acids is 1. The molecule has 7 nitrogen and oxygen atoms in total. The minimum atomic E-state index is -1.07.